The monoisotopic (exact) mass is 274 g/mol. The van der Waals surface area contributed by atoms with Crippen LogP contribution in [0, 0.1) is 24.7 Å². The Morgan fingerprint density at radius 2 is 1.30 bits per heavy atom. The van der Waals surface area contributed by atoms with E-state index in [-0.39, 0.29) is 35.8 Å². The summed E-state index contributed by atoms with van der Waals surface area (Å²) in [6.07, 6.45) is 10.1. The Morgan fingerprint density at radius 1 is 0.950 bits per heavy atom. The van der Waals surface area contributed by atoms with Crippen molar-refractivity contribution < 1.29 is 29.3 Å². The summed E-state index contributed by atoms with van der Waals surface area (Å²) in [6.45, 7) is -0.481. The molecule has 0 saturated heterocycles. The lowest BCUT2D eigenvalue weighted by atomic mass is 10.1. The van der Waals surface area contributed by atoms with Gasteiger partial charge in [-0.25, -0.2) is 9.59 Å². The van der Waals surface area contributed by atoms with Crippen molar-refractivity contribution in [2.45, 2.75) is 0 Å². The van der Waals surface area contributed by atoms with Crippen LogP contribution in [0.1, 0.15) is 20.7 Å². The Labute approximate surface area is 114 Å². The number of hydrogen-bond acceptors (Lipinski definition) is 4. The third-order valence-electron chi connectivity index (χ3n) is 2.17. The third-order valence-corrected chi connectivity index (χ3v) is 2.17. The van der Waals surface area contributed by atoms with Gasteiger partial charge in [-0.15, -0.1) is 12.8 Å². The number of carboxylic acids is 2. The number of benzene rings is 1. The predicted molar refractivity (Wildman–Crippen MR) is 69.0 cm³/mol. The number of ether oxygens (including phenoxy) is 2. The van der Waals surface area contributed by atoms with Crippen LogP contribution in [-0.4, -0.2) is 35.4 Å². The molecule has 1 aromatic rings. The van der Waals surface area contributed by atoms with Gasteiger partial charge in [-0.3, -0.25) is 0 Å². The molecule has 0 atom stereocenters. The van der Waals surface area contributed by atoms with Gasteiger partial charge in [0.25, 0.3) is 0 Å². The van der Waals surface area contributed by atoms with E-state index in [1.165, 1.54) is 0 Å². The molecule has 0 radical (unpaired) electrons. The summed E-state index contributed by atoms with van der Waals surface area (Å²) in [4.78, 5) is 22.2. The molecule has 0 fully saturated rings. The quantitative estimate of drug-likeness (QED) is 0.755. The average Bonchev–Trinajstić information content (AvgIpc) is 2.41. The molecule has 20 heavy (non-hydrogen) atoms. The Balaban J connectivity index is 3.46. The summed E-state index contributed by atoms with van der Waals surface area (Å²) in [5, 5.41) is 18.1. The highest BCUT2D eigenvalue weighted by Crippen LogP contribution is 2.35. The maximum absolute atomic E-state index is 11.1. The van der Waals surface area contributed by atoms with Gasteiger partial charge in [0.1, 0.15) is 24.3 Å². The Bertz CT molecular complexity index is 563. The zero-order valence-corrected chi connectivity index (χ0v) is 10.3. The van der Waals surface area contributed by atoms with Crippen LogP contribution in [0.4, 0.5) is 0 Å². The molecule has 6 heteroatoms. The molecule has 102 valence electrons. The molecule has 0 aliphatic heterocycles. The first kappa shape index (κ1) is 14.9. The number of aromatic carboxylic acids is 2. The van der Waals surface area contributed by atoms with Crippen molar-refractivity contribution in [3.8, 4) is 36.2 Å². The Hall–Kier alpha value is -3.12. The molecule has 6 nitrogen and oxygen atoms in total. The first-order chi connectivity index (χ1) is 9.52. The normalized spacial score (nSPS) is 9.10. The van der Waals surface area contributed by atoms with Gasteiger partial charge < -0.3 is 19.7 Å². The van der Waals surface area contributed by atoms with E-state index in [2.05, 4.69) is 11.8 Å². The van der Waals surface area contributed by atoms with E-state index in [0.717, 1.165) is 12.1 Å². The molecule has 1 aromatic carbocycles. The average molecular weight is 274 g/mol. The zero-order chi connectivity index (χ0) is 15.1. The lowest BCUT2D eigenvalue weighted by molar-refractivity contribution is 0.0673. The summed E-state index contributed by atoms with van der Waals surface area (Å²) >= 11 is 0. The van der Waals surface area contributed by atoms with Gasteiger partial charge in [-0.05, 0) is 12.1 Å². The standard InChI is InChI=1S/C14H10O6/c1-3-7-19-11-9(13(15)16)5-6-10(14(17)18)12(11)20-8-4-2/h1-2,5-6H,7-8H2,(H,15,16)(H,17,18). The van der Waals surface area contributed by atoms with Gasteiger partial charge in [0.2, 0.25) is 0 Å². The van der Waals surface area contributed by atoms with E-state index >= 15 is 0 Å². The summed E-state index contributed by atoms with van der Waals surface area (Å²) in [5.41, 5.74) is -0.533. The van der Waals surface area contributed by atoms with E-state index in [0.29, 0.717) is 0 Å². The highest BCUT2D eigenvalue weighted by atomic mass is 16.5. The fourth-order valence-corrected chi connectivity index (χ4v) is 1.41. The minimum atomic E-state index is -1.31. The molecule has 0 heterocycles. The van der Waals surface area contributed by atoms with Crippen LogP contribution < -0.4 is 9.47 Å². The van der Waals surface area contributed by atoms with E-state index < -0.39 is 11.9 Å². The highest BCUT2D eigenvalue weighted by molar-refractivity contribution is 5.98. The number of terminal acetylenes is 2. The van der Waals surface area contributed by atoms with Gasteiger partial charge >= 0.3 is 11.9 Å². The molecular formula is C14H10O6. The minimum absolute atomic E-state index is 0.240. The minimum Gasteiger partial charge on any atom is -0.478 e. The van der Waals surface area contributed by atoms with Crippen molar-refractivity contribution in [2.24, 2.45) is 0 Å². The maximum atomic E-state index is 11.1. The third kappa shape index (κ3) is 3.21. The second kappa shape index (κ2) is 6.72. The molecule has 2 N–H and O–H groups in total. The van der Waals surface area contributed by atoms with Crippen molar-refractivity contribution in [2.75, 3.05) is 13.2 Å². The van der Waals surface area contributed by atoms with Crippen LogP contribution in [0.25, 0.3) is 0 Å². The van der Waals surface area contributed by atoms with E-state index in [4.69, 9.17) is 32.5 Å². The van der Waals surface area contributed by atoms with Crippen LogP contribution in [0.15, 0.2) is 12.1 Å². The van der Waals surface area contributed by atoms with Crippen molar-refractivity contribution in [1.82, 2.24) is 0 Å². The second-order valence-electron chi connectivity index (χ2n) is 3.41. The molecule has 0 unspecified atom stereocenters. The summed E-state index contributed by atoms with van der Waals surface area (Å²) in [6, 6.07) is 2.20. The zero-order valence-electron chi connectivity index (χ0n) is 10.3. The van der Waals surface area contributed by atoms with Gasteiger partial charge in [-0.2, -0.15) is 0 Å². The first-order valence-electron chi connectivity index (χ1n) is 5.29. The summed E-state index contributed by atoms with van der Waals surface area (Å²) in [7, 11) is 0. The van der Waals surface area contributed by atoms with Crippen LogP contribution in [0.3, 0.4) is 0 Å². The number of carboxylic acid groups (broad SMARTS) is 2. The van der Waals surface area contributed by atoms with Gasteiger partial charge in [0.05, 0.1) is 0 Å². The number of hydrogen-bond donors (Lipinski definition) is 2. The number of rotatable bonds is 6. The fourth-order valence-electron chi connectivity index (χ4n) is 1.41. The van der Waals surface area contributed by atoms with Gasteiger partial charge in [0.15, 0.2) is 11.5 Å². The van der Waals surface area contributed by atoms with Gasteiger partial charge in [-0.1, -0.05) is 11.8 Å². The van der Waals surface area contributed by atoms with E-state index in [1.807, 2.05) is 0 Å². The Morgan fingerprint density at radius 3 is 1.55 bits per heavy atom. The summed E-state index contributed by atoms with van der Waals surface area (Å²) < 4.78 is 10.2. The predicted octanol–water partition coefficient (Wildman–Crippen LogP) is 1.11. The SMILES string of the molecule is C#CCOc1c(C(=O)O)ccc(C(=O)O)c1OCC#C. The molecular weight excluding hydrogens is 264 g/mol. The van der Waals surface area contributed by atoms with Crippen LogP contribution >= 0.6 is 0 Å². The van der Waals surface area contributed by atoms with Crippen molar-refractivity contribution >= 4 is 11.9 Å². The molecule has 0 aromatic heterocycles. The lowest BCUT2D eigenvalue weighted by Crippen LogP contribution is -2.11. The van der Waals surface area contributed by atoms with Gasteiger partial charge in [0, 0.05) is 0 Å². The van der Waals surface area contributed by atoms with Crippen molar-refractivity contribution in [1.29, 1.82) is 0 Å². The highest BCUT2D eigenvalue weighted by Gasteiger charge is 2.23. The molecule has 0 aliphatic carbocycles. The number of carbonyl (C=O) groups is 2. The maximum Gasteiger partial charge on any atom is 0.339 e. The second-order valence-corrected chi connectivity index (χ2v) is 3.41. The van der Waals surface area contributed by atoms with Crippen molar-refractivity contribution in [3.05, 3.63) is 23.3 Å². The Kier molecular flexibility index (Phi) is 5.02. The molecule has 0 saturated carbocycles. The van der Waals surface area contributed by atoms with Crippen molar-refractivity contribution in [3.63, 3.8) is 0 Å². The molecule has 0 aliphatic rings. The van der Waals surface area contributed by atoms with Crippen LogP contribution in [0.5, 0.6) is 11.5 Å². The fraction of sp³-hybridized carbons (Fsp3) is 0.143. The molecule has 1 rings (SSSR count). The topological polar surface area (TPSA) is 93.1 Å². The lowest BCUT2D eigenvalue weighted by Gasteiger charge is -2.14. The van der Waals surface area contributed by atoms with Crippen LogP contribution in [0.2, 0.25) is 0 Å². The summed E-state index contributed by atoms with van der Waals surface area (Å²) in [5.74, 6) is 1.18. The molecule has 0 bridgehead atoms. The smallest absolute Gasteiger partial charge is 0.339 e. The molecule has 0 spiro atoms. The van der Waals surface area contributed by atoms with Crippen LogP contribution in [-0.2, 0) is 0 Å². The largest absolute Gasteiger partial charge is 0.478 e. The molecule has 0 amide bonds. The first-order valence-corrected chi connectivity index (χ1v) is 5.29. The van der Waals surface area contributed by atoms with E-state index in [9.17, 15) is 9.59 Å². The van der Waals surface area contributed by atoms with E-state index in [1.54, 1.807) is 0 Å².